The van der Waals surface area contributed by atoms with Gasteiger partial charge in [-0.2, -0.15) is 0 Å². The average Bonchev–Trinajstić information content (AvgIpc) is 3.03. The third kappa shape index (κ3) is 29.7. The summed E-state index contributed by atoms with van der Waals surface area (Å²) in [4.78, 5) is 36.6. The number of carboxylic acid groups (broad SMARTS) is 1. The molecule has 0 spiro atoms. The van der Waals surface area contributed by atoms with Crippen LogP contribution >= 0.6 is 0 Å². The van der Waals surface area contributed by atoms with Crippen molar-refractivity contribution in [1.29, 1.82) is 0 Å². The van der Waals surface area contributed by atoms with Crippen LogP contribution in [0.25, 0.3) is 0 Å². The molecule has 0 saturated carbocycles. The van der Waals surface area contributed by atoms with Gasteiger partial charge in [-0.3, -0.25) is 9.59 Å². The topological polar surface area (TPSA) is 102 Å². The number of carboxylic acids is 1. The normalized spacial score (nSPS) is 13.4. The summed E-state index contributed by atoms with van der Waals surface area (Å²) in [5.74, 6) is -1.76. The van der Waals surface area contributed by atoms with Gasteiger partial charge in [-0.1, -0.05) is 134 Å². The first kappa shape index (κ1) is 45.6. The Balaban J connectivity index is 4.39. The number of carbonyl (C=O) groups is 3. The molecule has 0 aromatic heterocycles. The molecule has 2 atom stereocenters. The van der Waals surface area contributed by atoms with Gasteiger partial charge in [-0.15, -0.1) is 0 Å². The van der Waals surface area contributed by atoms with Gasteiger partial charge in [0.25, 0.3) is 0 Å². The fourth-order valence-electron chi connectivity index (χ4n) is 5.36. The number of rotatable bonds is 33. The highest BCUT2D eigenvalue weighted by molar-refractivity contribution is 5.70. The molecular weight excluding hydrogens is 606 g/mol. The minimum atomic E-state index is -1.13. The van der Waals surface area contributed by atoms with Crippen LogP contribution in [0.3, 0.4) is 0 Å². The Morgan fingerprint density at radius 3 is 1.71 bits per heavy atom. The number of unbranched alkanes of at least 4 members (excludes halogenated alkanes) is 15. The second-order valence-corrected chi connectivity index (χ2v) is 13.9. The third-order valence-corrected chi connectivity index (χ3v) is 8.35. The number of quaternary nitrogens is 1. The van der Waals surface area contributed by atoms with Gasteiger partial charge in [0.1, 0.15) is 12.6 Å². The van der Waals surface area contributed by atoms with Gasteiger partial charge in [0.2, 0.25) is 0 Å². The Morgan fingerprint density at radius 2 is 1.17 bits per heavy atom. The van der Waals surface area contributed by atoms with Crippen molar-refractivity contribution in [2.75, 3.05) is 41.0 Å². The highest BCUT2D eigenvalue weighted by Crippen LogP contribution is 2.13. The highest BCUT2D eigenvalue weighted by atomic mass is 16.6. The van der Waals surface area contributed by atoms with Gasteiger partial charge in [0, 0.05) is 19.3 Å². The van der Waals surface area contributed by atoms with E-state index in [1.54, 1.807) is 21.1 Å². The van der Waals surface area contributed by atoms with E-state index >= 15 is 0 Å². The number of likely N-dealkylation sites (N-methyl/N-ethyl adjacent to an activating group) is 1. The van der Waals surface area contributed by atoms with Crippen LogP contribution in [0, 0.1) is 0 Å². The quantitative estimate of drug-likeness (QED) is 0.0299. The fraction of sp³-hybridized carbons (Fsp3) is 0.775. The van der Waals surface area contributed by atoms with Crippen LogP contribution in [0.4, 0.5) is 0 Å². The molecule has 278 valence electrons. The summed E-state index contributed by atoms with van der Waals surface area (Å²) in [6.45, 7) is 4.48. The predicted octanol–water partition coefficient (Wildman–Crippen LogP) is 8.18. The average molecular weight is 678 g/mol. The minimum Gasteiger partial charge on any atom is -0.544 e. The van der Waals surface area contributed by atoms with Crippen LogP contribution < -0.4 is 5.11 Å². The first-order valence-electron chi connectivity index (χ1n) is 19.0. The third-order valence-electron chi connectivity index (χ3n) is 8.35. The summed E-state index contributed by atoms with van der Waals surface area (Å²) in [5.41, 5.74) is 0. The van der Waals surface area contributed by atoms with Crippen LogP contribution in [-0.2, 0) is 28.6 Å². The zero-order chi connectivity index (χ0) is 35.7. The van der Waals surface area contributed by atoms with Gasteiger partial charge in [0.05, 0.1) is 40.3 Å². The van der Waals surface area contributed by atoms with E-state index in [4.69, 9.17) is 14.2 Å². The second-order valence-electron chi connectivity index (χ2n) is 13.9. The van der Waals surface area contributed by atoms with Crippen molar-refractivity contribution < 1.29 is 38.2 Å². The highest BCUT2D eigenvalue weighted by Gasteiger charge is 2.25. The maximum absolute atomic E-state index is 12.6. The lowest BCUT2D eigenvalue weighted by Gasteiger charge is -2.34. The smallest absolute Gasteiger partial charge is 0.306 e. The molecule has 0 aliphatic rings. The van der Waals surface area contributed by atoms with Crippen molar-refractivity contribution in [2.24, 2.45) is 0 Å². The van der Waals surface area contributed by atoms with Crippen molar-refractivity contribution in [3.63, 3.8) is 0 Å². The van der Waals surface area contributed by atoms with Crippen molar-refractivity contribution >= 4 is 17.9 Å². The summed E-state index contributed by atoms with van der Waals surface area (Å²) in [7, 11) is 5.39. The Labute approximate surface area is 293 Å². The molecule has 0 fully saturated rings. The van der Waals surface area contributed by atoms with Crippen LogP contribution in [0.15, 0.2) is 36.5 Å². The molecule has 8 heteroatoms. The molecular formula is C40H71NO7. The van der Waals surface area contributed by atoms with Crippen LogP contribution in [0.2, 0.25) is 0 Å². The SMILES string of the molecule is CC/C=C/C=C/C=C/CCCCCCCCCC(=O)OCC(COCCC(C(=O)[O-])[N+](C)(C)C)OC(=O)CCCCCCCCCCC. The molecule has 0 N–H and O–H groups in total. The number of hydrogen-bond donors (Lipinski definition) is 0. The molecule has 0 aliphatic heterocycles. The molecule has 0 rings (SSSR count). The molecule has 0 aromatic rings. The van der Waals surface area contributed by atoms with E-state index in [-0.39, 0.29) is 42.7 Å². The Kier molecular flexibility index (Phi) is 30.2. The standard InChI is InChI=1S/C40H71NO7/c1-6-8-10-12-14-16-17-18-19-20-21-23-24-26-28-30-38(42)47-35-36(34-46-33-32-37(40(44)45)41(3,4)5)48-39(43)31-29-27-25-22-15-13-11-9-7-2/h8,10,12,14,16-17,36-37H,6-7,9,11,13,15,18-35H2,1-5H3/b10-8+,14-12+,17-16+. The fourth-order valence-corrected chi connectivity index (χ4v) is 5.36. The zero-order valence-electron chi connectivity index (χ0n) is 31.4. The molecule has 48 heavy (non-hydrogen) atoms. The van der Waals surface area contributed by atoms with E-state index in [1.165, 1.54) is 64.2 Å². The number of hydrogen-bond acceptors (Lipinski definition) is 7. The lowest BCUT2D eigenvalue weighted by molar-refractivity contribution is -0.889. The molecule has 0 aliphatic carbocycles. The first-order chi connectivity index (χ1) is 23.1. The molecule has 0 radical (unpaired) electrons. The van der Waals surface area contributed by atoms with Crippen LogP contribution in [0.5, 0.6) is 0 Å². The number of allylic oxidation sites excluding steroid dienone is 6. The van der Waals surface area contributed by atoms with Gasteiger partial charge >= 0.3 is 11.9 Å². The minimum absolute atomic E-state index is 0.0382. The van der Waals surface area contributed by atoms with Crippen LogP contribution in [0.1, 0.15) is 149 Å². The lowest BCUT2D eigenvalue weighted by Crippen LogP contribution is -2.55. The molecule has 0 aromatic carbocycles. The Hall–Kier alpha value is -2.45. The first-order valence-corrected chi connectivity index (χ1v) is 19.0. The molecule has 8 nitrogen and oxygen atoms in total. The van der Waals surface area contributed by atoms with E-state index in [1.807, 2.05) is 0 Å². The molecule has 0 bridgehead atoms. The summed E-state index contributed by atoms with van der Waals surface area (Å²) in [5, 5.41) is 11.6. The van der Waals surface area contributed by atoms with Gasteiger partial charge < -0.3 is 28.6 Å². The Morgan fingerprint density at radius 1 is 0.646 bits per heavy atom. The van der Waals surface area contributed by atoms with Crippen molar-refractivity contribution in [3.8, 4) is 0 Å². The zero-order valence-corrected chi connectivity index (χ0v) is 31.4. The van der Waals surface area contributed by atoms with Gasteiger partial charge in [-0.25, -0.2) is 0 Å². The largest absolute Gasteiger partial charge is 0.544 e. The van der Waals surface area contributed by atoms with Gasteiger partial charge in [-0.05, 0) is 32.1 Å². The van der Waals surface area contributed by atoms with Crippen molar-refractivity contribution in [1.82, 2.24) is 0 Å². The molecule has 0 heterocycles. The van der Waals surface area contributed by atoms with E-state index in [2.05, 4.69) is 50.3 Å². The monoisotopic (exact) mass is 678 g/mol. The number of ether oxygens (including phenoxy) is 3. The molecule has 0 amide bonds. The van der Waals surface area contributed by atoms with E-state index < -0.39 is 18.1 Å². The number of esters is 2. The summed E-state index contributed by atoms with van der Waals surface area (Å²) in [6.07, 6.45) is 33.1. The lowest BCUT2D eigenvalue weighted by atomic mass is 10.1. The van der Waals surface area contributed by atoms with Crippen molar-refractivity contribution in [3.05, 3.63) is 36.5 Å². The molecule has 0 saturated heterocycles. The number of aliphatic carboxylic acids is 1. The summed E-state index contributed by atoms with van der Waals surface area (Å²) < 4.78 is 17.0. The van der Waals surface area contributed by atoms with Crippen LogP contribution in [-0.4, -0.2) is 75.5 Å². The second kappa shape index (κ2) is 31.8. The van der Waals surface area contributed by atoms with E-state index in [0.717, 1.165) is 51.4 Å². The maximum atomic E-state index is 12.6. The summed E-state index contributed by atoms with van der Waals surface area (Å²) in [6, 6.07) is -0.724. The predicted molar refractivity (Wildman–Crippen MR) is 194 cm³/mol. The number of nitrogens with zero attached hydrogens (tertiary/aromatic N) is 1. The van der Waals surface area contributed by atoms with E-state index in [9.17, 15) is 19.5 Å². The number of carbonyl (C=O) groups excluding carboxylic acids is 3. The molecule has 2 unspecified atom stereocenters. The Bertz CT molecular complexity index is 891. The van der Waals surface area contributed by atoms with Gasteiger partial charge in [0.15, 0.2) is 6.10 Å². The maximum Gasteiger partial charge on any atom is 0.306 e. The van der Waals surface area contributed by atoms with E-state index in [0.29, 0.717) is 12.8 Å². The summed E-state index contributed by atoms with van der Waals surface area (Å²) >= 11 is 0. The van der Waals surface area contributed by atoms with Crippen molar-refractivity contribution in [2.45, 2.75) is 161 Å².